The second kappa shape index (κ2) is 5.65. The van der Waals surface area contributed by atoms with Crippen LogP contribution in [0.3, 0.4) is 0 Å². The van der Waals surface area contributed by atoms with Crippen molar-refractivity contribution in [3.8, 4) is 0 Å². The lowest BCUT2D eigenvalue weighted by Gasteiger charge is -2.33. The van der Waals surface area contributed by atoms with Crippen molar-refractivity contribution in [3.05, 3.63) is 21.9 Å². The second-order valence-corrected chi connectivity index (χ2v) is 5.49. The number of nitrogens with zero attached hydrogens (tertiary/aromatic N) is 1. The molecule has 2 rings (SSSR count). The van der Waals surface area contributed by atoms with Gasteiger partial charge in [0.25, 0.3) is 0 Å². The van der Waals surface area contributed by atoms with Gasteiger partial charge in [-0.05, 0) is 43.2 Å². The molecule has 4 heteroatoms. The summed E-state index contributed by atoms with van der Waals surface area (Å²) in [5.74, 6) is 0.225. The molecule has 0 fully saturated rings. The SMILES string of the molecule is CC1c2ccsc2CCN1C(=O)CCCCO. The van der Waals surface area contributed by atoms with Crippen LogP contribution in [0.15, 0.2) is 11.4 Å². The summed E-state index contributed by atoms with van der Waals surface area (Å²) in [6.45, 7) is 3.12. The zero-order valence-corrected chi connectivity index (χ0v) is 11.0. The maximum absolute atomic E-state index is 12.1. The molecule has 1 aromatic rings. The number of hydrogen-bond acceptors (Lipinski definition) is 3. The molecule has 3 nitrogen and oxygen atoms in total. The van der Waals surface area contributed by atoms with Gasteiger partial charge < -0.3 is 10.0 Å². The van der Waals surface area contributed by atoms with E-state index in [-0.39, 0.29) is 18.6 Å². The van der Waals surface area contributed by atoms with E-state index in [9.17, 15) is 4.79 Å². The van der Waals surface area contributed by atoms with Crippen LogP contribution in [0.4, 0.5) is 0 Å². The topological polar surface area (TPSA) is 40.5 Å². The van der Waals surface area contributed by atoms with Crippen LogP contribution in [-0.4, -0.2) is 29.1 Å². The van der Waals surface area contributed by atoms with E-state index in [1.165, 1.54) is 10.4 Å². The molecule has 17 heavy (non-hydrogen) atoms. The molecule has 0 spiro atoms. The fraction of sp³-hybridized carbons (Fsp3) is 0.615. The molecule has 0 aliphatic carbocycles. The zero-order valence-electron chi connectivity index (χ0n) is 10.2. The number of carbonyl (C=O) groups excluding carboxylic acids is 1. The molecule has 0 saturated heterocycles. The van der Waals surface area contributed by atoms with Gasteiger partial charge in [-0.15, -0.1) is 11.3 Å². The third-order valence-corrected chi connectivity index (χ3v) is 4.39. The summed E-state index contributed by atoms with van der Waals surface area (Å²) in [7, 11) is 0. The average Bonchev–Trinajstić information content (AvgIpc) is 2.78. The smallest absolute Gasteiger partial charge is 0.223 e. The van der Waals surface area contributed by atoms with Crippen molar-refractivity contribution < 1.29 is 9.90 Å². The number of hydrogen-bond donors (Lipinski definition) is 1. The van der Waals surface area contributed by atoms with Crippen LogP contribution in [0, 0.1) is 0 Å². The van der Waals surface area contributed by atoms with Crippen LogP contribution in [0.25, 0.3) is 0 Å². The van der Waals surface area contributed by atoms with Gasteiger partial charge in [-0.1, -0.05) is 0 Å². The summed E-state index contributed by atoms with van der Waals surface area (Å²) in [6, 6.07) is 2.35. The lowest BCUT2D eigenvalue weighted by Crippen LogP contribution is -2.38. The number of thiophene rings is 1. The first-order valence-corrected chi connectivity index (χ1v) is 7.08. The summed E-state index contributed by atoms with van der Waals surface area (Å²) in [5, 5.41) is 10.8. The van der Waals surface area contributed by atoms with Crippen LogP contribution >= 0.6 is 11.3 Å². The summed E-state index contributed by atoms with van der Waals surface area (Å²) < 4.78 is 0. The van der Waals surface area contributed by atoms with Crippen molar-refractivity contribution in [1.82, 2.24) is 4.90 Å². The maximum Gasteiger partial charge on any atom is 0.223 e. The fourth-order valence-corrected chi connectivity index (χ4v) is 3.34. The molecule has 1 aromatic heterocycles. The molecular weight excluding hydrogens is 234 g/mol. The molecular formula is C13H19NO2S. The van der Waals surface area contributed by atoms with Gasteiger partial charge in [-0.3, -0.25) is 4.79 Å². The van der Waals surface area contributed by atoms with Crippen molar-refractivity contribution >= 4 is 17.2 Å². The third-order valence-electron chi connectivity index (χ3n) is 3.40. The van der Waals surface area contributed by atoms with Gasteiger partial charge in [0.2, 0.25) is 5.91 Å². The van der Waals surface area contributed by atoms with E-state index in [1.54, 1.807) is 11.3 Å². The number of carbonyl (C=O) groups is 1. The molecule has 1 N–H and O–H groups in total. The molecule has 1 amide bonds. The Hall–Kier alpha value is -0.870. The normalized spacial score (nSPS) is 19.2. The van der Waals surface area contributed by atoms with E-state index in [1.807, 2.05) is 4.90 Å². The third kappa shape index (κ3) is 2.69. The molecule has 94 valence electrons. The Balaban J connectivity index is 1.97. The zero-order chi connectivity index (χ0) is 12.3. The number of fused-ring (bicyclic) bond motifs is 1. The largest absolute Gasteiger partial charge is 0.396 e. The van der Waals surface area contributed by atoms with Crippen molar-refractivity contribution in [2.45, 2.75) is 38.6 Å². The number of unbranched alkanes of at least 4 members (excludes halogenated alkanes) is 1. The molecule has 1 aliphatic rings. The van der Waals surface area contributed by atoms with Crippen molar-refractivity contribution in [2.75, 3.05) is 13.2 Å². The van der Waals surface area contributed by atoms with Crippen LogP contribution in [0.5, 0.6) is 0 Å². The van der Waals surface area contributed by atoms with Crippen LogP contribution in [0.1, 0.15) is 42.7 Å². The van der Waals surface area contributed by atoms with Gasteiger partial charge in [0.15, 0.2) is 0 Å². The van der Waals surface area contributed by atoms with Gasteiger partial charge in [-0.2, -0.15) is 0 Å². The highest BCUT2D eigenvalue weighted by molar-refractivity contribution is 7.10. The first-order valence-electron chi connectivity index (χ1n) is 6.20. The molecule has 1 unspecified atom stereocenters. The highest BCUT2D eigenvalue weighted by Gasteiger charge is 2.27. The highest BCUT2D eigenvalue weighted by Crippen LogP contribution is 2.33. The second-order valence-electron chi connectivity index (χ2n) is 4.49. The Labute approximate surface area is 106 Å². The Kier molecular flexibility index (Phi) is 4.18. The van der Waals surface area contributed by atoms with Crippen molar-refractivity contribution in [2.24, 2.45) is 0 Å². The predicted molar refractivity (Wildman–Crippen MR) is 69.1 cm³/mol. The monoisotopic (exact) mass is 253 g/mol. The Morgan fingerprint density at radius 1 is 1.59 bits per heavy atom. The first-order chi connectivity index (χ1) is 8.24. The van der Waals surface area contributed by atoms with E-state index in [0.717, 1.165) is 25.8 Å². The number of rotatable bonds is 4. The summed E-state index contributed by atoms with van der Waals surface area (Å²) >= 11 is 1.79. The molecule has 0 aromatic carbocycles. The number of aliphatic hydroxyl groups excluding tert-OH is 1. The minimum Gasteiger partial charge on any atom is -0.396 e. The van der Waals surface area contributed by atoms with E-state index >= 15 is 0 Å². The Morgan fingerprint density at radius 3 is 3.18 bits per heavy atom. The lowest BCUT2D eigenvalue weighted by atomic mass is 10.0. The minimum absolute atomic E-state index is 0.178. The highest BCUT2D eigenvalue weighted by atomic mass is 32.1. The maximum atomic E-state index is 12.1. The van der Waals surface area contributed by atoms with E-state index in [4.69, 9.17) is 5.11 Å². The molecule has 0 radical (unpaired) electrons. The summed E-state index contributed by atoms with van der Waals surface area (Å²) in [4.78, 5) is 15.5. The quantitative estimate of drug-likeness (QED) is 0.837. The van der Waals surface area contributed by atoms with E-state index in [2.05, 4.69) is 18.4 Å². The average molecular weight is 253 g/mol. The first kappa shape index (κ1) is 12.6. The van der Waals surface area contributed by atoms with E-state index in [0.29, 0.717) is 6.42 Å². The number of aliphatic hydroxyl groups is 1. The molecule has 1 aliphatic heterocycles. The molecule has 0 bridgehead atoms. The van der Waals surface area contributed by atoms with Gasteiger partial charge in [0.1, 0.15) is 0 Å². The van der Waals surface area contributed by atoms with Gasteiger partial charge in [-0.25, -0.2) is 0 Å². The van der Waals surface area contributed by atoms with Crippen LogP contribution in [0.2, 0.25) is 0 Å². The van der Waals surface area contributed by atoms with Gasteiger partial charge in [0, 0.05) is 24.4 Å². The molecule has 1 atom stereocenters. The lowest BCUT2D eigenvalue weighted by molar-refractivity contribution is -0.133. The van der Waals surface area contributed by atoms with Gasteiger partial charge in [0.05, 0.1) is 6.04 Å². The van der Waals surface area contributed by atoms with Crippen molar-refractivity contribution in [3.63, 3.8) is 0 Å². The Bertz CT molecular complexity index is 389. The molecule has 2 heterocycles. The number of amides is 1. The van der Waals surface area contributed by atoms with Crippen LogP contribution in [-0.2, 0) is 11.2 Å². The van der Waals surface area contributed by atoms with Crippen molar-refractivity contribution in [1.29, 1.82) is 0 Å². The van der Waals surface area contributed by atoms with Crippen LogP contribution < -0.4 is 0 Å². The Morgan fingerprint density at radius 2 is 2.41 bits per heavy atom. The van der Waals surface area contributed by atoms with Gasteiger partial charge >= 0.3 is 0 Å². The fourth-order valence-electron chi connectivity index (χ4n) is 2.38. The summed E-state index contributed by atoms with van der Waals surface area (Å²) in [6.07, 6.45) is 3.06. The molecule has 0 saturated carbocycles. The summed E-state index contributed by atoms with van der Waals surface area (Å²) in [5.41, 5.74) is 1.32. The van der Waals surface area contributed by atoms with E-state index < -0.39 is 0 Å². The minimum atomic E-state index is 0.178. The standard InChI is InChI=1S/C13H19NO2S/c1-10-11-6-9-17-12(11)5-7-14(10)13(16)4-2-3-8-15/h6,9-10,15H,2-5,7-8H2,1H3. The predicted octanol–water partition coefficient (Wildman–Crippen LogP) is 2.36.